The molecule has 2 aliphatic rings. The number of benzene rings is 1. The van der Waals surface area contributed by atoms with E-state index in [2.05, 4.69) is 21.9 Å². The van der Waals surface area contributed by atoms with Crippen LogP contribution in [-0.4, -0.2) is 42.8 Å². The topological polar surface area (TPSA) is 37.1 Å². The first kappa shape index (κ1) is 19.5. The summed E-state index contributed by atoms with van der Waals surface area (Å²) in [5.41, 5.74) is 1.50. The predicted molar refractivity (Wildman–Crippen MR) is 108 cm³/mol. The van der Waals surface area contributed by atoms with Crippen molar-refractivity contribution in [3.63, 3.8) is 0 Å². The first-order valence-corrected chi connectivity index (χ1v) is 10.1. The van der Waals surface area contributed by atoms with Gasteiger partial charge in [0.25, 0.3) is 0 Å². The van der Waals surface area contributed by atoms with E-state index in [9.17, 15) is 4.79 Å². The van der Waals surface area contributed by atoms with E-state index < -0.39 is 5.60 Å². The Morgan fingerprint density at radius 2 is 1.52 bits per heavy atom. The standard InChI is InChI=1S/C22H31N3O2/c1-22(2,3)27-21(26)25-15-11-18(12-16-25)17-9-13-24(14-10-17)20-7-5-19(23-4)6-8-20/h5-8,17-18H,9-16H2,1-3H3. The van der Waals surface area contributed by atoms with Gasteiger partial charge in [-0.05, 0) is 70.4 Å². The van der Waals surface area contributed by atoms with E-state index in [-0.39, 0.29) is 6.09 Å². The lowest BCUT2D eigenvalue weighted by Gasteiger charge is -2.41. The molecule has 0 saturated carbocycles. The summed E-state index contributed by atoms with van der Waals surface area (Å²) < 4.78 is 5.50. The average molecular weight is 370 g/mol. The monoisotopic (exact) mass is 369 g/mol. The van der Waals surface area contributed by atoms with Crippen molar-refractivity contribution in [3.8, 4) is 0 Å². The summed E-state index contributed by atoms with van der Waals surface area (Å²) in [5, 5.41) is 0. The Hall–Kier alpha value is -2.22. The Morgan fingerprint density at radius 3 is 2.00 bits per heavy atom. The lowest BCUT2D eigenvalue weighted by Crippen LogP contribution is -2.44. The first-order valence-electron chi connectivity index (χ1n) is 10.1. The zero-order valence-corrected chi connectivity index (χ0v) is 16.8. The molecular weight excluding hydrogens is 338 g/mol. The van der Waals surface area contributed by atoms with E-state index >= 15 is 0 Å². The van der Waals surface area contributed by atoms with Gasteiger partial charge < -0.3 is 14.5 Å². The Morgan fingerprint density at radius 1 is 1.00 bits per heavy atom. The highest BCUT2D eigenvalue weighted by molar-refractivity contribution is 5.68. The van der Waals surface area contributed by atoms with Gasteiger partial charge in [-0.15, -0.1) is 0 Å². The van der Waals surface area contributed by atoms with Crippen LogP contribution in [0.5, 0.6) is 0 Å². The fourth-order valence-electron chi connectivity index (χ4n) is 4.25. The molecule has 0 bridgehead atoms. The van der Waals surface area contributed by atoms with E-state index in [0.29, 0.717) is 5.69 Å². The Balaban J connectivity index is 1.45. The molecule has 5 nitrogen and oxygen atoms in total. The molecule has 1 amide bonds. The average Bonchev–Trinajstić information content (AvgIpc) is 2.67. The van der Waals surface area contributed by atoms with Crippen LogP contribution in [0.2, 0.25) is 0 Å². The van der Waals surface area contributed by atoms with Crippen LogP contribution >= 0.6 is 0 Å². The minimum Gasteiger partial charge on any atom is -0.444 e. The van der Waals surface area contributed by atoms with Crippen LogP contribution in [0.1, 0.15) is 46.5 Å². The van der Waals surface area contributed by atoms with Gasteiger partial charge in [0.1, 0.15) is 5.60 Å². The normalized spacial score (nSPS) is 19.6. The number of nitrogens with zero attached hydrogens (tertiary/aromatic N) is 3. The van der Waals surface area contributed by atoms with Gasteiger partial charge in [0.05, 0.1) is 6.57 Å². The molecule has 0 atom stereocenters. The number of carbonyl (C=O) groups excluding carboxylic acids is 1. The van der Waals surface area contributed by atoms with Gasteiger partial charge in [0, 0.05) is 31.9 Å². The predicted octanol–water partition coefficient (Wildman–Crippen LogP) is 5.10. The number of anilines is 1. The van der Waals surface area contributed by atoms with Gasteiger partial charge in [-0.3, -0.25) is 0 Å². The van der Waals surface area contributed by atoms with Crippen molar-refractivity contribution in [2.45, 2.75) is 52.1 Å². The van der Waals surface area contributed by atoms with E-state index in [1.54, 1.807) is 0 Å². The molecule has 27 heavy (non-hydrogen) atoms. The fourth-order valence-corrected chi connectivity index (χ4v) is 4.25. The second kappa shape index (κ2) is 8.21. The maximum absolute atomic E-state index is 12.2. The fraction of sp³-hybridized carbons (Fsp3) is 0.636. The summed E-state index contributed by atoms with van der Waals surface area (Å²) in [7, 11) is 0. The third-order valence-electron chi connectivity index (χ3n) is 5.74. The molecular formula is C22H31N3O2. The van der Waals surface area contributed by atoms with Crippen LogP contribution in [0.15, 0.2) is 24.3 Å². The van der Waals surface area contributed by atoms with Crippen molar-refractivity contribution in [2.75, 3.05) is 31.1 Å². The highest BCUT2D eigenvalue weighted by atomic mass is 16.6. The number of ether oxygens (including phenoxy) is 1. The van der Waals surface area contributed by atoms with Crippen molar-refractivity contribution in [2.24, 2.45) is 11.8 Å². The minimum atomic E-state index is -0.423. The third-order valence-corrected chi connectivity index (χ3v) is 5.74. The van der Waals surface area contributed by atoms with Crippen LogP contribution in [0.25, 0.3) is 4.85 Å². The van der Waals surface area contributed by atoms with Crippen LogP contribution in [0.4, 0.5) is 16.2 Å². The molecule has 0 radical (unpaired) electrons. The van der Waals surface area contributed by atoms with Gasteiger partial charge in [-0.25, -0.2) is 9.64 Å². The molecule has 0 N–H and O–H groups in total. The van der Waals surface area contributed by atoms with E-state index in [0.717, 1.165) is 50.9 Å². The summed E-state index contributed by atoms with van der Waals surface area (Å²) in [6, 6.07) is 7.93. The maximum atomic E-state index is 12.2. The molecule has 2 saturated heterocycles. The van der Waals surface area contributed by atoms with Crippen LogP contribution in [0.3, 0.4) is 0 Å². The summed E-state index contributed by atoms with van der Waals surface area (Å²) in [6.07, 6.45) is 4.43. The lowest BCUT2D eigenvalue weighted by molar-refractivity contribution is 0.0152. The smallest absolute Gasteiger partial charge is 0.410 e. The molecule has 5 heteroatoms. The van der Waals surface area contributed by atoms with Gasteiger partial charge >= 0.3 is 6.09 Å². The van der Waals surface area contributed by atoms with Crippen molar-refractivity contribution in [1.29, 1.82) is 0 Å². The lowest BCUT2D eigenvalue weighted by atomic mass is 9.79. The summed E-state index contributed by atoms with van der Waals surface area (Å²) in [6.45, 7) is 16.6. The quantitative estimate of drug-likeness (QED) is 0.681. The molecule has 2 heterocycles. The third kappa shape index (κ3) is 5.15. The molecule has 0 aromatic heterocycles. The number of hydrogen-bond acceptors (Lipinski definition) is 3. The highest BCUT2D eigenvalue weighted by Crippen LogP contribution is 2.34. The molecule has 3 rings (SSSR count). The summed E-state index contributed by atoms with van der Waals surface area (Å²) >= 11 is 0. The zero-order chi connectivity index (χ0) is 19.4. The molecule has 0 aliphatic carbocycles. The van der Waals surface area contributed by atoms with Crippen molar-refractivity contribution in [1.82, 2.24) is 4.90 Å². The first-order chi connectivity index (χ1) is 12.9. The SMILES string of the molecule is [C-]#[N+]c1ccc(N2CCC(C3CCN(C(=O)OC(C)(C)C)CC3)CC2)cc1. The Bertz CT molecular complexity index is 671. The number of piperidine rings is 2. The molecule has 0 unspecified atom stereocenters. The van der Waals surface area contributed by atoms with Crippen LogP contribution in [-0.2, 0) is 4.74 Å². The second-order valence-electron chi connectivity index (χ2n) is 8.76. The van der Waals surface area contributed by atoms with Crippen molar-refractivity contribution >= 4 is 17.5 Å². The maximum Gasteiger partial charge on any atom is 0.410 e. The largest absolute Gasteiger partial charge is 0.444 e. The molecule has 2 fully saturated rings. The Kier molecular flexibility index (Phi) is 5.94. The van der Waals surface area contributed by atoms with Gasteiger partial charge in [0.15, 0.2) is 5.69 Å². The molecule has 1 aromatic rings. The van der Waals surface area contributed by atoms with Crippen molar-refractivity contribution in [3.05, 3.63) is 35.7 Å². The molecule has 2 aliphatic heterocycles. The van der Waals surface area contributed by atoms with E-state index in [1.165, 1.54) is 18.5 Å². The second-order valence-corrected chi connectivity index (χ2v) is 8.76. The summed E-state index contributed by atoms with van der Waals surface area (Å²) in [4.78, 5) is 20.0. The minimum absolute atomic E-state index is 0.168. The number of amides is 1. The Labute approximate surface area is 163 Å². The van der Waals surface area contributed by atoms with Crippen molar-refractivity contribution < 1.29 is 9.53 Å². The van der Waals surface area contributed by atoms with Gasteiger partial charge in [-0.1, -0.05) is 12.1 Å². The van der Waals surface area contributed by atoms with E-state index in [4.69, 9.17) is 11.3 Å². The molecule has 0 spiro atoms. The van der Waals surface area contributed by atoms with Crippen LogP contribution < -0.4 is 4.90 Å². The molecule has 1 aromatic carbocycles. The van der Waals surface area contributed by atoms with Crippen LogP contribution in [0, 0.1) is 18.4 Å². The number of likely N-dealkylation sites (tertiary alicyclic amines) is 1. The number of rotatable bonds is 2. The van der Waals surface area contributed by atoms with E-state index in [1.807, 2.05) is 37.8 Å². The van der Waals surface area contributed by atoms with Gasteiger partial charge in [-0.2, -0.15) is 0 Å². The zero-order valence-electron chi connectivity index (χ0n) is 16.8. The number of hydrogen-bond donors (Lipinski definition) is 0. The summed E-state index contributed by atoms with van der Waals surface area (Å²) in [5.74, 6) is 1.47. The van der Waals surface area contributed by atoms with Gasteiger partial charge in [0.2, 0.25) is 0 Å². The highest BCUT2D eigenvalue weighted by Gasteiger charge is 2.32. The molecule has 146 valence electrons. The number of carbonyl (C=O) groups is 1.